The van der Waals surface area contributed by atoms with Crippen LogP contribution in [0.2, 0.25) is 0 Å². The third kappa shape index (κ3) is 3.83. The van der Waals surface area contributed by atoms with Crippen LogP contribution in [0.1, 0.15) is 65.7 Å². The molecule has 0 aromatic heterocycles. The van der Waals surface area contributed by atoms with Crippen molar-refractivity contribution in [3.63, 3.8) is 0 Å². The number of hydrogen-bond acceptors (Lipinski definition) is 4. The minimum atomic E-state index is -2.87. The van der Waals surface area contributed by atoms with Crippen molar-refractivity contribution in [1.82, 2.24) is 0 Å². The molecule has 4 saturated carbocycles. The van der Waals surface area contributed by atoms with Crippen LogP contribution < -0.4 is 0 Å². The zero-order valence-corrected chi connectivity index (χ0v) is 19.2. The van der Waals surface area contributed by atoms with Crippen LogP contribution in [-0.4, -0.2) is 11.9 Å². The van der Waals surface area contributed by atoms with Crippen molar-refractivity contribution in [3.8, 4) is 0 Å². The number of rotatable bonds is 6. The van der Waals surface area contributed by atoms with E-state index in [2.05, 4.69) is 0 Å². The number of carbonyl (C=O) groups is 2. The summed E-state index contributed by atoms with van der Waals surface area (Å²) in [4.78, 5) is 26.1. The molecule has 4 aliphatic rings. The van der Waals surface area contributed by atoms with Gasteiger partial charge in [0, 0.05) is 0 Å². The molecule has 0 amide bonds. The van der Waals surface area contributed by atoms with E-state index in [1.165, 1.54) is 19.3 Å². The average Bonchev–Trinajstić information content (AvgIpc) is 2.67. The van der Waals surface area contributed by atoms with Gasteiger partial charge in [-0.05, 0) is 0 Å². The van der Waals surface area contributed by atoms with Gasteiger partial charge in [-0.15, -0.1) is 0 Å². The van der Waals surface area contributed by atoms with E-state index in [1.807, 2.05) is 51.1 Å². The Balaban J connectivity index is 1.54. The summed E-state index contributed by atoms with van der Waals surface area (Å²) < 4.78 is 12.9. The van der Waals surface area contributed by atoms with Crippen LogP contribution in [0.5, 0.6) is 0 Å². The van der Waals surface area contributed by atoms with Crippen molar-refractivity contribution < 1.29 is 15.7 Å². The van der Waals surface area contributed by atoms with E-state index in [0.29, 0.717) is 24.2 Å². The summed E-state index contributed by atoms with van der Waals surface area (Å²) >= 11 is -2.87. The Labute approximate surface area is 176 Å². The van der Waals surface area contributed by atoms with E-state index in [0.717, 1.165) is 22.8 Å². The van der Waals surface area contributed by atoms with Gasteiger partial charge in [0.25, 0.3) is 0 Å². The van der Waals surface area contributed by atoms with Gasteiger partial charge >= 0.3 is 177 Å². The maximum atomic E-state index is 13.4. The first kappa shape index (κ1) is 20.2. The molecule has 4 aliphatic carbocycles. The van der Waals surface area contributed by atoms with Crippen molar-refractivity contribution in [2.45, 2.75) is 65.7 Å². The average molecular weight is 498 g/mol. The summed E-state index contributed by atoms with van der Waals surface area (Å²) in [5, 5.41) is 0. The molecule has 0 radical (unpaired) electrons. The van der Waals surface area contributed by atoms with Crippen LogP contribution in [0, 0.1) is 32.2 Å². The van der Waals surface area contributed by atoms with Gasteiger partial charge in [-0.1, -0.05) is 0 Å². The second kappa shape index (κ2) is 7.62. The zero-order chi connectivity index (χ0) is 19.9. The van der Waals surface area contributed by atoms with Gasteiger partial charge in [0.05, 0.1) is 0 Å². The van der Waals surface area contributed by atoms with Crippen LogP contribution in [-0.2, 0) is 15.7 Å². The van der Waals surface area contributed by atoms with Crippen LogP contribution >= 0.6 is 20.6 Å². The molecule has 0 aliphatic heterocycles. The number of carbonyl (C=O) groups excluding carboxylic acids is 2. The first-order valence-corrected chi connectivity index (χ1v) is 13.4. The van der Waals surface area contributed by atoms with Gasteiger partial charge in [0.1, 0.15) is 0 Å². The molecule has 0 spiro atoms. The second-order valence-electron chi connectivity index (χ2n) is 9.68. The molecule has 0 saturated heterocycles. The van der Waals surface area contributed by atoms with E-state index in [1.54, 1.807) is 0 Å². The molecule has 154 valence electrons. The molecule has 4 nitrogen and oxygen atoms in total. The van der Waals surface area contributed by atoms with Gasteiger partial charge in [-0.3, -0.25) is 0 Å². The molecule has 4 fully saturated rings. The van der Waals surface area contributed by atoms with Crippen molar-refractivity contribution in [3.05, 3.63) is 33.9 Å². The molecule has 1 aromatic rings. The summed E-state index contributed by atoms with van der Waals surface area (Å²) in [6, 6.07) is 9.60. The Kier molecular flexibility index (Phi) is 5.49. The van der Waals surface area contributed by atoms with E-state index in [9.17, 15) is 9.59 Å². The van der Waals surface area contributed by atoms with E-state index in [4.69, 9.17) is 6.13 Å². The third-order valence-electron chi connectivity index (χ3n) is 7.10. The summed E-state index contributed by atoms with van der Waals surface area (Å²) in [5.74, 6) is 1.68. The predicted molar refractivity (Wildman–Crippen MR) is 116 cm³/mol. The first-order chi connectivity index (χ1) is 13.3. The third-order valence-corrected chi connectivity index (χ3v) is 10.4. The summed E-state index contributed by atoms with van der Waals surface area (Å²) in [6.07, 6.45) is 7.43. The zero-order valence-electron chi connectivity index (χ0n) is 17.1. The molecule has 1 aromatic carbocycles. The van der Waals surface area contributed by atoms with E-state index in [-0.39, 0.29) is 17.4 Å². The van der Waals surface area contributed by atoms with E-state index >= 15 is 0 Å². The SMILES string of the molecule is CCC(C)(C)C(=O)OI(OC(=O)C12CC3CC(CC(C3)C1)C2)c1ccccc1. The Hall–Kier alpha value is -1.11. The Morgan fingerprint density at radius 1 is 1.00 bits per heavy atom. The van der Waals surface area contributed by atoms with Crippen LogP contribution in [0.25, 0.3) is 0 Å². The minimum absolute atomic E-state index is 0.0947. The topological polar surface area (TPSA) is 52.6 Å². The van der Waals surface area contributed by atoms with Gasteiger partial charge in [-0.2, -0.15) is 0 Å². The summed E-state index contributed by atoms with van der Waals surface area (Å²) in [7, 11) is 0. The molecular formula is C23H31IO4. The normalized spacial score (nSPS) is 31.4. The Bertz CT molecular complexity index is 707. The fourth-order valence-corrected chi connectivity index (χ4v) is 8.83. The van der Waals surface area contributed by atoms with Crippen molar-refractivity contribution >= 4 is 32.6 Å². The fraction of sp³-hybridized carbons (Fsp3) is 0.652. The first-order valence-electron chi connectivity index (χ1n) is 10.5. The number of hydrogen-bond donors (Lipinski definition) is 0. The molecule has 0 heterocycles. The molecular weight excluding hydrogens is 467 g/mol. The van der Waals surface area contributed by atoms with Crippen LogP contribution in [0.3, 0.4) is 0 Å². The number of benzene rings is 1. The van der Waals surface area contributed by atoms with Gasteiger partial charge in [0.15, 0.2) is 0 Å². The summed E-state index contributed by atoms with van der Waals surface area (Å²) in [6.45, 7) is 5.74. The molecule has 0 unspecified atom stereocenters. The number of halogens is 1. The summed E-state index contributed by atoms with van der Waals surface area (Å²) in [5.41, 5.74) is -0.899. The predicted octanol–water partition coefficient (Wildman–Crippen LogP) is 5.93. The van der Waals surface area contributed by atoms with Crippen molar-refractivity contribution in [2.24, 2.45) is 28.6 Å². The van der Waals surface area contributed by atoms with Gasteiger partial charge in [0.2, 0.25) is 0 Å². The fourth-order valence-electron chi connectivity index (χ4n) is 5.44. The van der Waals surface area contributed by atoms with Crippen LogP contribution in [0.4, 0.5) is 0 Å². The van der Waals surface area contributed by atoms with Gasteiger partial charge in [-0.25, -0.2) is 0 Å². The monoisotopic (exact) mass is 498 g/mol. The quantitative estimate of drug-likeness (QED) is 0.456. The molecule has 4 bridgehead atoms. The van der Waals surface area contributed by atoms with Gasteiger partial charge < -0.3 is 0 Å². The molecule has 28 heavy (non-hydrogen) atoms. The molecule has 0 N–H and O–H groups in total. The molecule has 5 heteroatoms. The Morgan fingerprint density at radius 3 is 2.04 bits per heavy atom. The Morgan fingerprint density at radius 2 is 1.54 bits per heavy atom. The van der Waals surface area contributed by atoms with Crippen molar-refractivity contribution in [1.29, 1.82) is 0 Å². The van der Waals surface area contributed by atoms with Crippen LogP contribution in [0.15, 0.2) is 30.3 Å². The molecule has 5 rings (SSSR count). The molecule has 0 atom stereocenters. The maximum absolute atomic E-state index is 13.4. The van der Waals surface area contributed by atoms with Crippen molar-refractivity contribution in [2.75, 3.05) is 0 Å². The van der Waals surface area contributed by atoms with E-state index < -0.39 is 26.1 Å². The standard InChI is InChI=1S/C23H31IO4/c1-4-22(2,3)20(25)27-24(19-8-6-5-7-9-19)28-21(26)23-13-16-10-17(14-23)12-18(11-16)15-23/h5-9,16-18H,4,10-15H2,1-3H3. The second-order valence-corrected chi connectivity index (χ2v) is 13.0.